The molecule has 1 N–H and O–H groups in total. The minimum absolute atomic E-state index is 0.0353. The van der Waals surface area contributed by atoms with Crippen molar-refractivity contribution in [3.05, 3.63) is 47.5 Å². The summed E-state index contributed by atoms with van der Waals surface area (Å²) in [6.07, 6.45) is 0. The number of carbonyl (C=O) groups is 2. The van der Waals surface area contributed by atoms with Gasteiger partial charge in [0.1, 0.15) is 5.75 Å². The van der Waals surface area contributed by atoms with Gasteiger partial charge in [-0.25, -0.2) is 4.79 Å². The van der Waals surface area contributed by atoms with Crippen LogP contribution >= 0.6 is 0 Å². The van der Waals surface area contributed by atoms with Crippen LogP contribution in [0, 0.1) is 0 Å². The summed E-state index contributed by atoms with van der Waals surface area (Å²) >= 11 is 0. The summed E-state index contributed by atoms with van der Waals surface area (Å²) < 4.78 is 20.8. The highest BCUT2D eigenvalue weighted by atomic mass is 16.5. The molecule has 0 heterocycles. The number of anilines is 1. The Kier molecular flexibility index (Phi) is 7.09. The molecule has 0 bridgehead atoms. The second kappa shape index (κ2) is 9.32. The molecule has 0 saturated carbocycles. The van der Waals surface area contributed by atoms with Crippen molar-refractivity contribution >= 4 is 17.6 Å². The highest BCUT2D eigenvalue weighted by Gasteiger charge is 2.19. The van der Waals surface area contributed by atoms with Gasteiger partial charge in [0.25, 0.3) is 5.91 Å². The Labute approximate surface area is 170 Å². The molecule has 0 unspecified atom stereocenters. The monoisotopic (exact) mass is 401 g/mol. The maximum atomic E-state index is 12.4. The molecular formula is C22H27NO6. The van der Waals surface area contributed by atoms with E-state index in [9.17, 15) is 9.59 Å². The molecule has 1 amide bonds. The van der Waals surface area contributed by atoms with E-state index < -0.39 is 11.9 Å². The quantitative estimate of drug-likeness (QED) is 0.711. The molecule has 0 aliphatic rings. The normalized spacial score (nSPS) is 10.8. The van der Waals surface area contributed by atoms with E-state index >= 15 is 0 Å². The predicted molar refractivity (Wildman–Crippen MR) is 110 cm³/mol. The summed E-state index contributed by atoms with van der Waals surface area (Å²) in [5, 5.41) is 2.66. The molecule has 0 spiro atoms. The van der Waals surface area contributed by atoms with Gasteiger partial charge in [-0.2, -0.15) is 0 Å². The number of amides is 1. The number of ether oxygens (including phenoxy) is 4. The highest BCUT2D eigenvalue weighted by Crippen LogP contribution is 2.33. The maximum Gasteiger partial charge on any atom is 0.340 e. The Morgan fingerprint density at radius 3 is 2.03 bits per heavy atom. The van der Waals surface area contributed by atoms with Crippen LogP contribution in [0.5, 0.6) is 17.2 Å². The van der Waals surface area contributed by atoms with Gasteiger partial charge in [-0.05, 0) is 23.1 Å². The van der Waals surface area contributed by atoms with Crippen LogP contribution in [0.3, 0.4) is 0 Å². The molecule has 0 aliphatic heterocycles. The molecule has 7 nitrogen and oxygen atoms in total. The van der Waals surface area contributed by atoms with Crippen molar-refractivity contribution in [1.29, 1.82) is 0 Å². The van der Waals surface area contributed by atoms with Crippen LogP contribution in [0.25, 0.3) is 0 Å². The van der Waals surface area contributed by atoms with Crippen molar-refractivity contribution in [3.63, 3.8) is 0 Å². The number of hydrogen-bond acceptors (Lipinski definition) is 6. The Morgan fingerprint density at radius 2 is 1.52 bits per heavy atom. The van der Waals surface area contributed by atoms with Gasteiger partial charge in [0, 0.05) is 12.1 Å². The molecule has 29 heavy (non-hydrogen) atoms. The third kappa shape index (κ3) is 5.63. The van der Waals surface area contributed by atoms with E-state index in [2.05, 4.69) is 26.1 Å². The Hall–Kier alpha value is -3.22. The molecule has 7 heteroatoms. The van der Waals surface area contributed by atoms with Gasteiger partial charge in [-0.3, -0.25) is 4.79 Å². The molecule has 156 valence electrons. The van der Waals surface area contributed by atoms with Crippen LogP contribution in [-0.2, 0) is 14.9 Å². The highest BCUT2D eigenvalue weighted by molar-refractivity contribution is 6.02. The molecule has 0 aliphatic carbocycles. The average molecular weight is 401 g/mol. The second-order valence-corrected chi connectivity index (χ2v) is 7.36. The number of benzene rings is 2. The molecule has 0 fully saturated rings. The second-order valence-electron chi connectivity index (χ2n) is 7.36. The standard InChI is InChI=1S/C22H27NO6/c1-22(2,3)14-7-9-15(10-8-14)29-13-20(24)23-17-12-19(27-5)18(26-4)11-16(17)21(25)28-6/h7-12H,13H2,1-6H3,(H,23,24). The first-order valence-electron chi connectivity index (χ1n) is 9.07. The molecular weight excluding hydrogens is 374 g/mol. The molecule has 0 aromatic heterocycles. The topological polar surface area (TPSA) is 83.1 Å². The molecule has 0 saturated heterocycles. The van der Waals surface area contributed by atoms with E-state index in [4.69, 9.17) is 18.9 Å². The van der Waals surface area contributed by atoms with Gasteiger partial charge in [0.2, 0.25) is 0 Å². The lowest BCUT2D eigenvalue weighted by Gasteiger charge is -2.19. The van der Waals surface area contributed by atoms with Gasteiger partial charge in [0.05, 0.1) is 32.6 Å². The fourth-order valence-electron chi connectivity index (χ4n) is 2.65. The molecule has 0 atom stereocenters. The molecule has 0 radical (unpaired) electrons. The lowest BCUT2D eigenvalue weighted by atomic mass is 9.87. The van der Waals surface area contributed by atoms with Crippen molar-refractivity contribution in [1.82, 2.24) is 0 Å². The summed E-state index contributed by atoms with van der Waals surface area (Å²) in [5.41, 5.74) is 1.59. The van der Waals surface area contributed by atoms with Gasteiger partial charge in [0.15, 0.2) is 18.1 Å². The Bertz CT molecular complexity index is 868. The number of rotatable bonds is 7. The van der Waals surface area contributed by atoms with Crippen molar-refractivity contribution in [2.24, 2.45) is 0 Å². The summed E-state index contributed by atoms with van der Waals surface area (Å²) in [5.74, 6) is 0.256. The minimum Gasteiger partial charge on any atom is -0.493 e. The van der Waals surface area contributed by atoms with E-state index in [-0.39, 0.29) is 23.3 Å². The van der Waals surface area contributed by atoms with Gasteiger partial charge in [-0.1, -0.05) is 32.9 Å². The molecule has 2 aromatic carbocycles. The third-order valence-electron chi connectivity index (χ3n) is 4.29. The van der Waals surface area contributed by atoms with E-state index in [1.54, 1.807) is 0 Å². The number of hydrogen-bond donors (Lipinski definition) is 1. The zero-order chi connectivity index (χ0) is 21.6. The predicted octanol–water partition coefficient (Wildman–Crippen LogP) is 3.81. The third-order valence-corrected chi connectivity index (χ3v) is 4.29. The lowest BCUT2D eigenvalue weighted by Crippen LogP contribution is -2.22. The lowest BCUT2D eigenvalue weighted by molar-refractivity contribution is -0.118. The van der Waals surface area contributed by atoms with Crippen LogP contribution in [0.2, 0.25) is 0 Å². The van der Waals surface area contributed by atoms with E-state index in [1.165, 1.54) is 39.0 Å². The Morgan fingerprint density at radius 1 is 0.931 bits per heavy atom. The SMILES string of the molecule is COC(=O)c1cc(OC)c(OC)cc1NC(=O)COc1ccc(C(C)(C)C)cc1. The first kappa shape index (κ1) is 22.1. The molecule has 2 aromatic rings. The van der Waals surface area contributed by atoms with Gasteiger partial charge < -0.3 is 24.3 Å². The average Bonchev–Trinajstić information content (AvgIpc) is 2.70. The van der Waals surface area contributed by atoms with E-state index in [0.29, 0.717) is 17.2 Å². The summed E-state index contributed by atoms with van der Waals surface area (Å²) in [6, 6.07) is 10.5. The van der Waals surface area contributed by atoms with E-state index in [1.807, 2.05) is 24.3 Å². The van der Waals surface area contributed by atoms with Crippen LogP contribution in [0.15, 0.2) is 36.4 Å². The summed E-state index contributed by atoms with van der Waals surface area (Å²) in [4.78, 5) is 24.4. The largest absolute Gasteiger partial charge is 0.493 e. The number of carbonyl (C=O) groups excluding carboxylic acids is 2. The molecule has 2 rings (SSSR count). The van der Waals surface area contributed by atoms with E-state index in [0.717, 1.165) is 0 Å². The van der Waals surface area contributed by atoms with Crippen molar-refractivity contribution in [2.75, 3.05) is 33.3 Å². The number of nitrogens with one attached hydrogen (secondary N) is 1. The van der Waals surface area contributed by atoms with Crippen LogP contribution in [-0.4, -0.2) is 39.8 Å². The van der Waals surface area contributed by atoms with Crippen LogP contribution in [0.1, 0.15) is 36.7 Å². The smallest absolute Gasteiger partial charge is 0.340 e. The van der Waals surface area contributed by atoms with Crippen LogP contribution < -0.4 is 19.5 Å². The summed E-state index contributed by atoms with van der Waals surface area (Å²) in [6.45, 7) is 6.15. The minimum atomic E-state index is -0.611. The van der Waals surface area contributed by atoms with Crippen LogP contribution in [0.4, 0.5) is 5.69 Å². The zero-order valence-electron chi connectivity index (χ0n) is 17.6. The number of esters is 1. The van der Waals surface area contributed by atoms with Crippen molar-refractivity contribution in [3.8, 4) is 17.2 Å². The first-order valence-corrected chi connectivity index (χ1v) is 9.07. The first-order chi connectivity index (χ1) is 13.7. The number of methoxy groups -OCH3 is 3. The van der Waals surface area contributed by atoms with Crippen molar-refractivity contribution in [2.45, 2.75) is 26.2 Å². The van der Waals surface area contributed by atoms with Gasteiger partial charge in [-0.15, -0.1) is 0 Å². The van der Waals surface area contributed by atoms with Crippen molar-refractivity contribution < 1.29 is 28.5 Å². The van der Waals surface area contributed by atoms with Gasteiger partial charge >= 0.3 is 5.97 Å². The summed E-state index contributed by atoms with van der Waals surface area (Å²) in [7, 11) is 4.18. The zero-order valence-corrected chi connectivity index (χ0v) is 17.6. The maximum absolute atomic E-state index is 12.4. The Balaban J connectivity index is 2.12. The fourth-order valence-corrected chi connectivity index (χ4v) is 2.65. The fraction of sp³-hybridized carbons (Fsp3) is 0.364.